The summed E-state index contributed by atoms with van der Waals surface area (Å²) in [5.74, 6) is 2.78. The van der Waals surface area contributed by atoms with Crippen LogP contribution in [-0.4, -0.2) is 85.7 Å². The van der Waals surface area contributed by atoms with Gasteiger partial charge in [0.05, 0.1) is 31.5 Å². The van der Waals surface area contributed by atoms with Crippen LogP contribution < -0.4 is 0 Å². The second-order valence-electron chi connectivity index (χ2n) is 9.41. The molecular weight excluding hydrogens is 328 g/mol. The second-order valence-corrected chi connectivity index (χ2v) is 9.41. The van der Waals surface area contributed by atoms with Crippen LogP contribution in [-0.2, 0) is 9.47 Å². The SMILES string of the molecule is CCN1CCN(C[C@H](O)COCCOC23CC4CC(CC(C4)C2)C3)CC1. The van der Waals surface area contributed by atoms with Crippen molar-refractivity contribution in [3.63, 3.8) is 0 Å². The molecule has 0 radical (unpaired) electrons. The van der Waals surface area contributed by atoms with Crippen LogP contribution in [0.3, 0.4) is 0 Å². The van der Waals surface area contributed by atoms with Gasteiger partial charge in [0.1, 0.15) is 0 Å². The molecule has 0 unspecified atom stereocenters. The first kappa shape index (κ1) is 19.1. The molecule has 5 heteroatoms. The third-order valence-electron chi connectivity index (χ3n) is 7.31. The highest BCUT2D eigenvalue weighted by Crippen LogP contribution is 2.57. The van der Waals surface area contributed by atoms with Crippen molar-refractivity contribution in [3.8, 4) is 0 Å². The lowest BCUT2D eigenvalue weighted by molar-refractivity contribution is -0.170. The van der Waals surface area contributed by atoms with Crippen LogP contribution in [0.2, 0.25) is 0 Å². The fourth-order valence-corrected chi connectivity index (χ4v) is 6.38. The number of β-amino-alcohol motifs (C(OH)–C–C–N with tert-alkyl or cyclic N) is 1. The molecule has 150 valence electrons. The lowest BCUT2D eigenvalue weighted by atomic mass is 9.54. The topological polar surface area (TPSA) is 45.2 Å². The molecule has 0 aromatic carbocycles. The Morgan fingerprint density at radius 2 is 1.50 bits per heavy atom. The minimum Gasteiger partial charge on any atom is -0.389 e. The Balaban J connectivity index is 1.09. The molecule has 1 atom stereocenters. The molecule has 5 rings (SSSR count). The van der Waals surface area contributed by atoms with E-state index in [0.717, 1.165) is 57.0 Å². The number of hydrogen-bond acceptors (Lipinski definition) is 5. The molecule has 0 amide bonds. The molecule has 0 aromatic rings. The highest BCUT2D eigenvalue weighted by Gasteiger charge is 2.51. The number of ether oxygens (including phenoxy) is 2. The molecule has 4 aliphatic carbocycles. The zero-order chi connectivity index (χ0) is 18.0. The smallest absolute Gasteiger partial charge is 0.0900 e. The number of aliphatic hydroxyl groups excluding tert-OH is 1. The minimum atomic E-state index is -0.386. The number of rotatable bonds is 9. The van der Waals surface area contributed by atoms with Crippen molar-refractivity contribution in [3.05, 3.63) is 0 Å². The quantitative estimate of drug-likeness (QED) is 0.632. The van der Waals surface area contributed by atoms with Crippen LogP contribution in [0.4, 0.5) is 0 Å². The Labute approximate surface area is 159 Å². The van der Waals surface area contributed by atoms with Gasteiger partial charge < -0.3 is 19.5 Å². The lowest BCUT2D eigenvalue weighted by Crippen LogP contribution is -2.52. The van der Waals surface area contributed by atoms with Crippen molar-refractivity contribution < 1.29 is 14.6 Å². The summed E-state index contributed by atoms with van der Waals surface area (Å²) in [4.78, 5) is 4.81. The molecule has 5 fully saturated rings. The van der Waals surface area contributed by atoms with E-state index in [0.29, 0.717) is 19.8 Å². The number of nitrogens with zero attached hydrogens (tertiary/aromatic N) is 2. The molecule has 1 heterocycles. The van der Waals surface area contributed by atoms with Gasteiger partial charge >= 0.3 is 0 Å². The van der Waals surface area contributed by atoms with Crippen LogP contribution in [0, 0.1) is 17.8 Å². The molecule has 5 aliphatic rings. The van der Waals surface area contributed by atoms with Gasteiger partial charge in [-0.15, -0.1) is 0 Å². The number of hydrogen-bond donors (Lipinski definition) is 1. The first-order chi connectivity index (χ1) is 12.6. The van der Waals surface area contributed by atoms with Crippen molar-refractivity contribution in [2.75, 3.05) is 59.1 Å². The summed E-state index contributed by atoms with van der Waals surface area (Å²) >= 11 is 0. The van der Waals surface area contributed by atoms with Crippen molar-refractivity contribution in [2.24, 2.45) is 17.8 Å². The van der Waals surface area contributed by atoms with Crippen LogP contribution in [0.1, 0.15) is 45.4 Å². The summed E-state index contributed by atoms with van der Waals surface area (Å²) in [7, 11) is 0. The average Bonchev–Trinajstić information content (AvgIpc) is 2.61. The minimum absolute atomic E-state index is 0.176. The molecule has 1 saturated heterocycles. The molecule has 0 aromatic heterocycles. The fourth-order valence-electron chi connectivity index (χ4n) is 6.38. The van der Waals surface area contributed by atoms with E-state index in [1.807, 2.05) is 0 Å². The number of piperazine rings is 1. The van der Waals surface area contributed by atoms with E-state index in [4.69, 9.17) is 9.47 Å². The van der Waals surface area contributed by atoms with Crippen molar-refractivity contribution in [1.82, 2.24) is 9.80 Å². The van der Waals surface area contributed by atoms with Gasteiger partial charge in [-0.05, 0) is 62.8 Å². The number of likely N-dealkylation sites (N-methyl/N-ethyl adjacent to an activating group) is 1. The van der Waals surface area contributed by atoms with Gasteiger partial charge in [0.15, 0.2) is 0 Å². The Bertz CT molecular complexity index is 415. The molecule has 26 heavy (non-hydrogen) atoms. The van der Waals surface area contributed by atoms with Crippen LogP contribution >= 0.6 is 0 Å². The first-order valence-electron chi connectivity index (χ1n) is 11.0. The van der Waals surface area contributed by atoms with Gasteiger partial charge in [-0.2, -0.15) is 0 Å². The molecular formula is C21H38N2O3. The summed E-state index contributed by atoms with van der Waals surface area (Å²) < 4.78 is 12.1. The highest BCUT2D eigenvalue weighted by atomic mass is 16.5. The summed E-state index contributed by atoms with van der Waals surface area (Å²) in [6.07, 6.45) is 7.83. The second kappa shape index (κ2) is 8.44. The monoisotopic (exact) mass is 366 g/mol. The van der Waals surface area contributed by atoms with E-state index in [-0.39, 0.29) is 11.7 Å². The van der Waals surface area contributed by atoms with Gasteiger partial charge in [-0.1, -0.05) is 6.92 Å². The van der Waals surface area contributed by atoms with E-state index in [9.17, 15) is 5.11 Å². The molecule has 5 nitrogen and oxygen atoms in total. The van der Waals surface area contributed by atoms with Gasteiger partial charge in [0, 0.05) is 32.7 Å². The summed E-state index contributed by atoms with van der Waals surface area (Å²) in [5, 5.41) is 10.2. The Hall–Kier alpha value is -0.200. The molecule has 4 bridgehead atoms. The molecule has 4 saturated carbocycles. The van der Waals surface area contributed by atoms with E-state index in [2.05, 4.69) is 16.7 Å². The van der Waals surface area contributed by atoms with Gasteiger partial charge in [-0.25, -0.2) is 0 Å². The van der Waals surface area contributed by atoms with Gasteiger partial charge in [0.2, 0.25) is 0 Å². The van der Waals surface area contributed by atoms with Crippen molar-refractivity contribution in [1.29, 1.82) is 0 Å². The van der Waals surface area contributed by atoms with E-state index < -0.39 is 0 Å². The van der Waals surface area contributed by atoms with Crippen molar-refractivity contribution in [2.45, 2.75) is 57.2 Å². The summed E-state index contributed by atoms with van der Waals surface area (Å²) in [6.45, 7) is 10.1. The standard InChI is InChI=1S/C21H38N2O3/c1-2-22-3-5-23(6-4-22)15-20(24)16-25-7-8-26-21-12-17-9-18(13-21)11-19(10-17)14-21/h17-20,24H,2-16H2,1H3/t17?,18?,19?,20-,21?/m0/s1. The first-order valence-corrected chi connectivity index (χ1v) is 11.0. The highest BCUT2D eigenvalue weighted by molar-refractivity contribution is 5.03. The fraction of sp³-hybridized carbons (Fsp3) is 1.00. The van der Waals surface area contributed by atoms with Crippen LogP contribution in [0.25, 0.3) is 0 Å². The van der Waals surface area contributed by atoms with E-state index >= 15 is 0 Å². The maximum absolute atomic E-state index is 10.2. The molecule has 1 aliphatic heterocycles. The number of aliphatic hydroxyl groups is 1. The zero-order valence-corrected chi connectivity index (χ0v) is 16.6. The third-order valence-corrected chi connectivity index (χ3v) is 7.31. The Morgan fingerprint density at radius 3 is 2.08 bits per heavy atom. The van der Waals surface area contributed by atoms with Gasteiger partial charge in [0.25, 0.3) is 0 Å². The molecule has 1 N–H and O–H groups in total. The summed E-state index contributed by atoms with van der Waals surface area (Å²) in [5.41, 5.74) is 0.176. The van der Waals surface area contributed by atoms with Crippen LogP contribution in [0.15, 0.2) is 0 Å². The zero-order valence-electron chi connectivity index (χ0n) is 16.6. The largest absolute Gasteiger partial charge is 0.389 e. The van der Waals surface area contributed by atoms with E-state index in [1.165, 1.54) is 38.5 Å². The van der Waals surface area contributed by atoms with Crippen molar-refractivity contribution >= 4 is 0 Å². The summed E-state index contributed by atoms with van der Waals surface area (Å²) in [6, 6.07) is 0. The van der Waals surface area contributed by atoms with E-state index in [1.54, 1.807) is 0 Å². The maximum Gasteiger partial charge on any atom is 0.0900 e. The van der Waals surface area contributed by atoms with Gasteiger partial charge in [-0.3, -0.25) is 4.90 Å². The lowest BCUT2D eigenvalue weighted by Gasteiger charge is -2.56. The maximum atomic E-state index is 10.2. The predicted octanol–water partition coefficient (Wildman–Crippen LogP) is 1.99. The Morgan fingerprint density at radius 1 is 0.923 bits per heavy atom. The predicted molar refractivity (Wildman–Crippen MR) is 102 cm³/mol. The molecule has 0 spiro atoms. The normalized spacial score (nSPS) is 38.8. The Kier molecular flexibility index (Phi) is 6.21. The van der Waals surface area contributed by atoms with Crippen LogP contribution in [0.5, 0.6) is 0 Å². The average molecular weight is 367 g/mol. The third kappa shape index (κ3) is 4.61.